The molecule has 260 valence electrons. The van der Waals surface area contributed by atoms with Crippen molar-refractivity contribution < 1.29 is 19.7 Å². The number of carbonyl (C=O) groups excluding carboxylic acids is 1. The van der Waals surface area contributed by atoms with Gasteiger partial charge in [-0.3, -0.25) is 4.79 Å². The molecule has 2 rings (SSSR count). The van der Waals surface area contributed by atoms with Crippen LogP contribution in [0.4, 0.5) is 0 Å². The first-order valence-corrected chi connectivity index (χ1v) is 19.5. The average Bonchev–Trinajstić information content (AvgIpc) is 3.27. The Balaban J connectivity index is 1.45. The number of hydrogen-bond donors (Lipinski definition) is 2. The van der Waals surface area contributed by atoms with Gasteiger partial charge in [-0.05, 0) is 75.5 Å². The molecular formula is C40H69ClO4. The summed E-state index contributed by atoms with van der Waals surface area (Å²) >= 11 is 6.62. The summed E-state index contributed by atoms with van der Waals surface area (Å²) in [5, 5.41) is 21.3. The number of rotatable bonds is 27. The molecule has 4 nitrogen and oxygen atoms in total. The van der Waals surface area contributed by atoms with Gasteiger partial charge in [0.15, 0.2) is 0 Å². The number of hydrogen-bond acceptors (Lipinski definition) is 4. The molecule has 0 unspecified atom stereocenters. The first kappa shape index (κ1) is 40.1. The Morgan fingerprint density at radius 2 is 1.44 bits per heavy atom. The Morgan fingerprint density at radius 1 is 0.844 bits per heavy atom. The first-order valence-electron chi connectivity index (χ1n) is 19.1. The van der Waals surface area contributed by atoms with Crippen LogP contribution in [0.25, 0.3) is 0 Å². The quantitative estimate of drug-likeness (QED) is 0.0402. The van der Waals surface area contributed by atoms with Gasteiger partial charge in [-0.15, -0.1) is 11.6 Å². The highest BCUT2D eigenvalue weighted by atomic mass is 35.5. The molecule has 45 heavy (non-hydrogen) atoms. The van der Waals surface area contributed by atoms with Crippen molar-refractivity contribution in [1.82, 2.24) is 0 Å². The third kappa shape index (κ3) is 16.5. The Labute approximate surface area is 282 Å². The van der Waals surface area contributed by atoms with E-state index in [0.717, 1.165) is 44.9 Å². The van der Waals surface area contributed by atoms with Crippen molar-refractivity contribution in [3.63, 3.8) is 0 Å². The molecule has 2 saturated carbocycles. The van der Waals surface area contributed by atoms with Crippen molar-refractivity contribution in [3.8, 4) is 0 Å². The van der Waals surface area contributed by atoms with Crippen LogP contribution in [0.2, 0.25) is 0 Å². The summed E-state index contributed by atoms with van der Waals surface area (Å²) in [7, 11) is 0. The summed E-state index contributed by atoms with van der Waals surface area (Å²) in [5.41, 5.74) is 0.102. The lowest BCUT2D eigenvalue weighted by atomic mass is 9.63. The summed E-state index contributed by atoms with van der Waals surface area (Å²) in [4.78, 5) is 12.1. The Kier molecular flexibility index (Phi) is 22.3. The van der Waals surface area contributed by atoms with Gasteiger partial charge in [-0.2, -0.15) is 0 Å². The number of halogens is 1. The lowest BCUT2D eigenvalue weighted by molar-refractivity contribution is -0.142. The van der Waals surface area contributed by atoms with Gasteiger partial charge >= 0.3 is 5.97 Å². The smallest absolute Gasteiger partial charge is 0.306 e. The first-order chi connectivity index (χ1) is 21.9. The highest BCUT2D eigenvalue weighted by Gasteiger charge is 2.42. The van der Waals surface area contributed by atoms with Gasteiger partial charge in [-0.1, -0.05) is 134 Å². The molecule has 0 aromatic rings. The number of allylic oxidation sites excluding steroid dienone is 3. The lowest BCUT2D eigenvalue weighted by Gasteiger charge is -2.45. The fraction of sp³-hybridized carbons (Fsp3) is 0.825. The van der Waals surface area contributed by atoms with Gasteiger partial charge in [0.2, 0.25) is 0 Å². The molecule has 2 N–H and O–H groups in total. The van der Waals surface area contributed by atoms with E-state index in [1.165, 1.54) is 89.9 Å². The second kappa shape index (κ2) is 25.0. The van der Waals surface area contributed by atoms with Crippen molar-refractivity contribution in [2.75, 3.05) is 6.61 Å². The van der Waals surface area contributed by atoms with E-state index < -0.39 is 6.10 Å². The van der Waals surface area contributed by atoms with E-state index in [-0.39, 0.29) is 34.7 Å². The second-order valence-electron chi connectivity index (χ2n) is 14.1. The maximum absolute atomic E-state index is 12.1. The zero-order valence-corrected chi connectivity index (χ0v) is 29.9. The number of esters is 1. The molecule has 2 aliphatic rings. The van der Waals surface area contributed by atoms with Crippen LogP contribution in [0.15, 0.2) is 36.5 Å². The van der Waals surface area contributed by atoms with Crippen molar-refractivity contribution in [2.24, 2.45) is 17.3 Å². The van der Waals surface area contributed by atoms with E-state index in [0.29, 0.717) is 25.9 Å². The molecule has 5 heteroatoms. The molecular weight excluding hydrogens is 580 g/mol. The summed E-state index contributed by atoms with van der Waals surface area (Å²) in [5.74, 6) is 0.0791. The van der Waals surface area contributed by atoms with E-state index in [1.807, 2.05) is 6.08 Å². The molecule has 0 radical (unpaired) electrons. The molecule has 0 aliphatic heterocycles. The van der Waals surface area contributed by atoms with Gasteiger partial charge in [0, 0.05) is 17.7 Å². The van der Waals surface area contributed by atoms with Gasteiger partial charge < -0.3 is 14.9 Å². The zero-order chi connectivity index (χ0) is 32.6. The van der Waals surface area contributed by atoms with Crippen molar-refractivity contribution in [1.29, 1.82) is 0 Å². The molecule has 0 saturated heterocycles. The van der Waals surface area contributed by atoms with Gasteiger partial charge in [-0.25, -0.2) is 0 Å². The number of ether oxygens (including phenoxy) is 1. The summed E-state index contributed by atoms with van der Waals surface area (Å²) in [6.45, 7) is 4.83. The fourth-order valence-corrected chi connectivity index (χ4v) is 7.70. The van der Waals surface area contributed by atoms with E-state index >= 15 is 0 Å². The maximum Gasteiger partial charge on any atom is 0.306 e. The Bertz CT molecular complexity index is 827. The number of carbonyl (C=O) groups is 1. The maximum atomic E-state index is 12.1. The molecule has 0 aromatic heterocycles. The van der Waals surface area contributed by atoms with Crippen LogP contribution in [-0.4, -0.2) is 40.4 Å². The second-order valence-corrected chi connectivity index (χ2v) is 14.7. The van der Waals surface area contributed by atoms with Crippen LogP contribution in [0.5, 0.6) is 0 Å². The third-order valence-corrected chi connectivity index (χ3v) is 11.2. The van der Waals surface area contributed by atoms with Gasteiger partial charge in [0.05, 0.1) is 12.2 Å². The zero-order valence-electron chi connectivity index (χ0n) is 29.1. The minimum atomic E-state index is -0.429. The standard InChI is InChI=1S/C40H69ClO4/c1-3-5-6-7-8-9-10-11-12-13-14-15-16-17-20-23-32-45-39(44)29-22-19-18-21-26-34-35(37(42)33-36(34)41)27-24-28-38(43)40(4-2)30-25-31-40/h18,20-21,23-24,27,34-38,42-43H,3-17,19,22,25-26,28-33H2,1-2H3/b21-18-,23-20-,27-24+/t34-,35-,36-,37-,38+/m1/s1. The molecule has 2 aliphatic carbocycles. The van der Waals surface area contributed by atoms with Crippen LogP contribution >= 0.6 is 11.6 Å². The molecule has 0 aromatic carbocycles. The van der Waals surface area contributed by atoms with E-state index in [4.69, 9.17) is 16.3 Å². The summed E-state index contributed by atoms with van der Waals surface area (Å²) in [6, 6.07) is 0. The van der Waals surface area contributed by atoms with Crippen LogP contribution in [0, 0.1) is 17.3 Å². The van der Waals surface area contributed by atoms with Crippen molar-refractivity contribution >= 4 is 17.6 Å². The average molecular weight is 649 g/mol. The topological polar surface area (TPSA) is 66.8 Å². The highest BCUT2D eigenvalue weighted by Crippen LogP contribution is 2.48. The predicted octanol–water partition coefficient (Wildman–Crippen LogP) is 11.2. The number of aliphatic hydroxyl groups excluding tert-OH is 2. The highest BCUT2D eigenvalue weighted by molar-refractivity contribution is 6.21. The Morgan fingerprint density at radius 3 is 2.04 bits per heavy atom. The molecule has 0 spiro atoms. The number of aliphatic hydroxyl groups is 2. The summed E-state index contributed by atoms with van der Waals surface area (Å²) < 4.78 is 5.36. The third-order valence-electron chi connectivity index (χ3n) is 10.7. The fourth-order valence-electron chi connectivity index (χ4n) is 7.25. The Hall–Kier alpha value is -1.10. The van der Waals surface area contributed by atoms with Crippen molar-refractivity contribution in [3.05, 3.63) is 36.5 Å². The molecule has 0 heterocycles. The molecule has 5 atom stereocenters. The van der Waals surface area contributed by atoms with Crippen LogP contribution in [0.1, 0.15) is 168 Å². The number of unbranched alkanes of at least 4 members (excludes halogenated alkanes) is 14. The van der Waals surface area contributed by atoms with E-state index in [9.17, 15) is 15.0 Å². The molecule has 0 amide bonds. The minimum Gasteiger partial charge on any atom is -0.461 e. The van der Waals surface area contributed by atoms with Crippen LogP contribution in [0.3, 0.4) is 0 Å². The summed E-state index contributed by atoms with van der Waals surface area (Å²) in [6.07, 6.45) is 39.4. The predicted molar refractivity (Wildman–Crippen MR) is 192 cm³/mol. The minimum absolute atomic E-state index is 0.0240. The number of alkyl halides is 1. The van der Waals surface area contributed by atoms with E-state index in [1.54, 1.807) is 0 Å². The normalized spacial score (nSPS) is 23.8. The van der Waals surface area contributed by atoms with Crippen LogP contribution < -0.4 is 0 Å². The molecule has 0 bridgehead atoms. The van der Waals surface area contributed by atoms with Gasteiger partial charge in [0.25, 0.3) is 0 Å². The SMILES string of the molecule is CCCCCCCCCCCCCCC/C=C\COC(=O)CCC/C=C\C[C@@H]1[C@@H](/C=C/C[C@H](O)C2(CC)CCC2)[C@H](O)C[C@H]1Cl. The largest absolute Gasteiger partial charge is 0.461 e. The molecule has 2 fully saturated rings. The van der Waals surface area contributed by atoms with Crippen molar-refractivity contribution in [2.45, 2.75) is 186 Å². The lowest BCUT2D eigenvalue weighted by Crippen LogP contribution is -2.40. The van der Waals surface area contributed by atoms with Crippen LogP contribution in [-0.2, 0) is 9.53 Å². The van der Waals surface area contributed by atoms with Gasteiger partial charge in [0.1, 0.15) is 6.61 Å². The monoisotopic (exact) mass is 648 g/mol. The van der Waals surface area contributed by atoms with E-state index in [2.05, 4.69) is 44.2 Å².